The number of amides is 1. The summed E-state index contributed by atoms with van der Waals surface area (Å²) in [5.74, 6) is 2.49. The number of rotatable bonds is 8. The molecule has 35 heavy (non-hydrogen) atoms. The van der Waals surface area contributed by atoms with Gasteiger partial charge in [-0.2, -0.15) is 4.98 Å². The Bertz CT molecular complexity index is 1180. The molecule has 0 spiro atoms. The first-order valence-corrected chi connectivity index (χ1v) is 12.1. The van der Waals surface area contributed by atoms with Crippen LogP contribution >= 0.6 is 0 Å². The molecule has 1 aliphatic carbocycles. The van der Waals surface area contributed by atoms with Crippen molar-refractivity contribution in [3.8, 4) is 22.9 Å². The zero-order chi connectivity index (χ0) is 25.0. The fourth-order valence-corrected chi connectivity index (χ4v) is 4.28. The minimum atomic E-state index is -0.541. The maximum Gasteiger partial charge on any atom is 0.408 e. The van der Waals surface area contributed by atoms with Crippen LogP contribution < -0.4 is 14.8 Å². The van der Waals surface area contributed by atoms with Crippen LogP contribution in [-0.2, 0) is 17.6 Å². The molecule has 1 heterocycles. The van der Waals surface area contributed by atoms with E-state index >= 15 is 0 Å². The van der Waals surface area contributed by atoms with E-state index in [-0.39, 0.29) is 6.04 Å². The number of benzene rings is 2. The molecule has 1 amide bonds. The zero-order valence-corrected chi connectivity index (χ0v) is 21.0. The normalized spacial score (nSPS) is 14.9. The molecule has 2 aromatic carbocycles. The summed E-state index contributed by atoms with van der Waals surface area (Å²) in [7, 11) is 0. The van der Waals surface area contributed by atoms with Gasteiger partial charge >= 0.3 is 6.09 Å². The standard InChI is InChI=1S/C27H33N3O5/c1-6-32-22-14-11-17(15-23(22)33-7-2)16-24-29-25(30-35-24)20-10-8-9-19-18(20)12-13-21(19)28-26(31)34-27(3,4)5/h8-11,14-15,21H,6-7,12-13,16H2,1-5H3,(H,28,31)/t21-/m0/s1. The van der Waals surface area contributed by atoms with Crippen LogP contribution in [0.1, 0.15) is 69.7 Å². The predicted molar refractivity (Wildman–Crippen MR) is 132 cm³/mol. The molecule has 0 aliphatic heterocycles. The van der Waals surface area contributed by atoms with Gasteiger partial charge in [0.2, 0.25) is 11.7 Å². The largest absolute Gasteiger partial charge is 0.490 e. The number of alkyl carbamates (subject to hydrolysis) is 1. The highest BCUT2D eigenvalue weighted by atomic mass is 16.6. The fraction of sp³-hybridized carbons (Fsp3) is 0.444. The summed E-state index contributed by atoms with van der Waals surface area (Å²) in [5, 5.41) is 7.24. The van der Waals surface area contributed by atoms with E-state index < -0.39 is 11.7 Å². The van der Waals surface area contributed by atoms with Gasteiger partial charge in [-0.05, 0) is 76.3 Å². The molecule has 8 heteroatoms. The molecule has 0 saturated heterocycles. The predicted octanol–water partition coefficient (Wildman–Crippen LogP) is 5.64. The van der Waals surface area contributed by atoms with E-state index in [0.29, 0.717) is 37.1 Å². The molecule has 8 nitrogen and oxygen atoms in total. The molecule has 1 atom stereocenters. The van der Waals surface area contributed by atoms with Crippen molar-refractivity contribution in [1.82, 2.24) is 15.5 Å². The maximum absolute atomic E-state index is 12.3. The molecule has 0 saturated carbocycles. The number of nitrogens with one attached hydrogen (secondary N) is 1. The van der Waals surface area contributed by atoms with Crippen molar-refractivity contribution < 1.29 is 23.5 Å². The number of hydrogen-bond donors (Lipinski definition) is 1. The Morgan fingerprint density at radius 2 is 1.89 bits per heavy atom. The van der Waals surface area contributed by atoms with Crippen LogP contribution in [0.4, 0.5) is 4.79 Å². The Labute approximate surface area is 206 Å². The van der Waals surface area contributed by atoms with Gasteiger partial charge in [-0.15, -0.1) is 0 Å². The zero-order valence-electron chi connectivity index (χ0n) is 21.0. The van der Waals surface area contributed by atoms with Crippen molar-refractivity contribution in [3.05, 3.63) is 59.0 Å². The minimum Gasteiger partial charge on any atom is -0.490 e. The Balaban J connectivity index is 1.51. The summed E-state index contributed by atoms with van der Waals surface area (Å²) in [4.78, 5) is 16.9. The Morgan fingerprint density at radius 1 is 1.11 bits per heavy atom. The van der Waals surface area contributed by atoms with Crippen LogP contribution in [0.5, 0.6) is 11.5 Å². The number of nitrogens with zero attached hydrogens (tertiary/aromatic N) is 2. The van der Waals surface area contributed by atoms with E-state index in [1.54, 1.807) is 0 Å². The lowest BCUT2D eigenvalue weighted by atomic mass is 10.0. The third-order valence-corrected chi connectivity index (χ3v) is 5.63. The topological polar surface area (TPSA) is 95.7 Å². The third-order valence-electron chi connectivity index (χ3n) is 5.63. The maximum atomic E-state index is 12.3. The van der Waals surface area contributed by atoms with Gasteiger partial charge in [0.05, 0.1) is 25.7 Å². The molecule has 1 aliphatic rings. The summed E-state index contributed by atoms with van der Waals surface area (Å²) in [6.07, 6.45) is 1.68. The summed E-state index contributed by atoms with van der Waals surface area (Å²) < 4.78 is 22.4. The van der Waals surface area contributed by atoms with Gasteiger partial charge in [0.1, 0.15) is 5.60 Å². The van der Waals surface area contributed by atoms with Gasteiger partial charge in [0.15, 0.2) is 11.5 Å². The van der Waals surface area contributed by atoms with E-state index in [1.165, 1.54) is 0 Å². The van der Waals surface area contributed by atoms with Crippen LogP contribution in [0.2, 0.25) is 0 Å². The smallest absolute Gasteiger partial charge is 0.408 e. The van der Waals surface area contributed by atoms with E-state index in [4.69, 9.17) is 18.7 Å². The van der Waals surface area contributed by atoms with Crippen LogP contribution in [0.3, 0.4) is 0 Å². The number of carbonyl (C=O) groups is 1. The molecule has 0 radical (unpaired) electrons. The lowest BCUT2D eigenvalue weighted by molar-refractivity contribution is 0.0503. The number of aromatic nitrogens is 2. The summed E-state index contributed by atoms with van der Waals surface area (Å²) in [6, 6.07) is 11.7. The molecular weight excluding hydrogens is 446 g/mol. The second-order valence-corrected chi connectivity index (χ2v) is 9.45. The van der Waals surface area contributed by atoms with E-state index in [2.05, 4.69) is 15.5 Å². The van der Waals surface area contributed by atoms with Gasteiger partial charge in [-0.3, -0.25) is 0 Å². The second kappa shape index (κ2) is 10.4. The van der Waals surface area contributed by atoms with E-state index in [9.17, 15) is 4.79 Å². The average molecular weight is 480 g/mol. The molecular formula is C27H33N3O5. The van der Waals surface area contributed by atoms with E-state index in [0.717, 1.165) is 40.8 Å². The van der Waals surface area contributed by atoms with E-state index in [1.807, 2.05) is 71.0 Å². The molecule has 0 bridgehead atoms. The third kappa shape index (κ3) is 5.93. The lowest BCUT2D eigenvalue weighted by Crippen LogP contribution is -2.34. The van der Waals surface area contributed by atoms with Gasteiger partial charge in [0.25, 0.3) is 0 Å². The summed E-state index contributed by atoms with van der Waals surface area (Å²) in [6.45, 7) is 10.6. The quantitative estimate of drug-likeness (QED) is 0.447. The molecule has 1 aromatic heterocycles. The first kappa shape index (κ1) is 24.6. The van der Waals surface area contributed by atoms with Crippen molar-refractivity contribution in [3.63, 3.8) is 0 Å². The van der Waals surface area contributed by atoms with Crippen molar-refractivity contribution in [1.29, 1.82) is 0 Å². The number of ether oxygens (including phenoxy) is 3. The monoisotopic (exact) mass is 479 g/mol. The Hall–Kier alpha value is -3.55. The van der Waals surface area contributed by atoms with Gasteiger partial charge in [-0.1, -0.05) is 29.4 Å². The van der Waals surface area contributed by atoms with Crippen molar-refractivity contribution >= 4 is 6.09 Å². The van der Waals surface area contributed by atoms with Crippen molar-refractivity contribution in [2.75, 3.05) is 13.2 Å². The molecule has 0 unspecified atom stereocenters. The van der Waals surface area contributed by atoms with Crippen LogP contribution in [-0.4, -0.2) is 35.0 Å². The number of carbonyl (C=O) groups excluding carboxylic acids is 1. The second-order valence-electron chi connectivity index (χ2n) is 9.45. The van der Waals surface area contributed by atoms with Crippen LogP contribution in [0.15, 0.2) is 40.9 Å². The Kier molecular flexibility index (Phi) is 7.28. The van der Waals surface area contributed by atoms with Gasteiger partial charge in [0, 0.05) is 5.56 Å². The number of fused-ring (bicyclic) bond motifs is 1. The first-order valence-electron chi connectivity index (χ1n) is 12.1. The van der Waals surface area contributed by atoms with Crippen LogP contribution in [0.25, 0.3) is 11.4 Å². The average Bonchev–Trinajstić information content (AvgIpc) is 3.42. The Morgan fingerprint density at radius 3 is 2.63 bits per heavy atom. The van der Waals surface area contributed by atoms with Gasteiger partial charge in [-0.25, -0.2) is 4.79 Å². The SMILES string of the molecule is CCOc1ccc(Cc2nc(-c3cccc4c3CC[C@@H]4NC(=O)OC(C)(C)C)no2)cc1OCC. The van der Waals surface area contributed by atoms with Crippen molar-refractivity contribution in [2.24, 2.45) is 0 Å². The van der Waals surface area contributed by atoms with Gasteiger partial charge < -0.3 is 24.1 Å². The highest BCUT2D eigenvalue weighted by molar-refractivity contribution is 5.70. The summed E-state index contributed by atoms with van der Waals surface area (Å²) in [5.41, 5.74) is 3.56. The molecule has 4 rings (SSSR count). The molecule has 0 fully saturated rings. The summed E-state index contributed by atoms with van der Waals surface area (Å²) >= 11 is 0. The highest BCUT2D eigenvalue weighted by Gasteiger charge is 2.29. The molecule has 3 aromatic rings. The number of hydrogen-bond acceptors (Lipinski definition) is 7. The van der Waals surface area contributed by atoms with Crippen LogP contribution in [0, 0.1) is 0 Å². The lowest BCUT2D eigenvalue weighted by Gasteiger charge is -2.22. The first-order chi connectivity index (χ1) is 16.8. The van der Waals surface area contributed by atoms with Crippen molar-refractivity contribution in [2.45, 2.75) is 65.5 Å². The minimum absolute atomic E-state index is 0.105. The highest BCUT2D eigenvalue weighted by Crippen LogP contribution is 2.37. The molecule has 1 N–H and O–H groups in total. The fourth-order valence-electron chi connectivity index (χ4n) is 4.28. The molecule has 186 valence electrons.